The van der Waals surface area contributed by atoms with E-state index >= 15 is 0 Å². The van der Waals surface area contributed by atoms with E-state index in [1.165, 1.54) is 7.05 Å². The van der Waals surface area contributed by atoms with Crippen LogP contribution in [0.25, 0.3) is 0 Å². The summed E-state index contributed by atoms with van der Waals surface area (Å²) in [5, 5.41) is 3.52. The van der Waals surface area contributed by atoms with Crippen LogP contribution in [0.3, 0.4) is 0 Å². The minimum absolute atomic E-state index is 0.284. The van der Waals surface area contributed by atoms with Crippen LogP contribution in [0.4, 0.5) is 18.0 Å². The van der Waals surface area contributed by atoms with E-state index in [0.717, 1.165) is 10.5 Å². The summed E-state index contributed by atoms with van der Waals surface area (Å²) in [5.41, 5.74) is 0.839. The van der Waals surface area contributed by atoms with Crippen molar-refractivity contribution in [1.29, 1.82) is 0 Å². The molecular weight excluding hydrogens is 328 g/mol. The Morgan fingerprint density at radius 1 is 1.24 bits per heavy atom. The lowest BCUT2D eigenvalue weighted by atomic mass is 10.1. The van der Waals surface area contributed by atoms with Gasteiger partial charge in [0.05, 0.1) is 6.42 Å². The van der Waals surface area contributed by atoms with Crippen LogP contribution in [-0.2, 0) is 6.42 Å². The van der Waals surface area contributed by atoms with Crippen molar-refractivity contribution in [2.24, 2.45) is 0 Å². The Balaban J connectivity index is 2.36. The average Bonchev–Trinajstić information content (AvgIpc) is 2.33. The van der Waals surface area contributed by atoms with Gasteiger partial charge >= 0.3 is 12.2 Å². The summed E-state index contributed by atoms with van der Waals surface area (Å²) in [6.07, 6.45) is -4.81. The second-order valence-corrected chi connectivity index (χ2v) is 5.42. The number of nitrogens with zero attached hydrogens (tertiary/aromatic N) is 1. The minimum atomic E-state index is -4.27. The van der Waals surface area contributed by atoms with E-state index in [2.05, 4.69) is 5.32 Å². The topological polar surface area (TPSA) is 32.3 Å². The van der Waals surface area contributed by atoms with Gasteiger partial charge in [-0.3, -0.25) is 0 Å². The third-order valence-electron chi connectivity index (χ3n) is 2.69. The van der Waals surface area contributed by atoms with E-state index < -0.39 is 18.6 Å². The van der Waals surface area contributed by atoms with Crippen molar-refractivity contribution >= 4 is 29.2 Å². The van der Waals surface area contributed by atoms with Crippen molar-refractivity contribution in [2.75, 3.05) is 20.1 Å². The summed E-state index contributed by atoms with van der Waals surface area (Å²) < 4.78 is 36.1. The quantitative estimate of drug-likeness (QED) is 0.857. The van der Waals surface area contributed by atoms with Gasteiger partial charge in [-0.1, -0.05) is 23.2 Å². The molecule has 0 saturated carbocycles. The molecule has 8 heteroatoms. The third kappa shape index (κ3) is 7.43. The van der Waals surface area contributed by atoms with Gasteiger partial charge in [-0.05, 0) is 30.2 Å². The van der Waals surface area contributed by atoms with Crippen molar-refractivity contribution in [3.63, 3.8) is 0 Å². The number of amides is 2. The highest BCUT2D eigenvalue weighted by atomic mass is 35.5. The number of rotatable bonds is 5. The van der Waals surface area contributed by atoms with E-state index in [1.807, 2.05) is 0 Å². The number of urea groups is 1. The van der Waals surface area contributed by atoms with Gasteiger partial charge in [0.1, 0.15) is 0 Å². The van der Waals surface area contributed by atoms with Gasteiger partial charge in [-0.25, -0.2) is 4.79 Å². The SMILES string of the molecule is CN(CCC(F)(F)F)C(=O)NCCc1cc(Cl)cc(Cl)c1. The van der Waals surface area contributed by atoms with Crippen LogP contribution in [0.15, 0.2) is 18.2 Å². The first-order chi connectivity index (χ1) is 9.67. The molecule has 0 bridgehead atoms. The molecule has 0 aliphatic rings. The molecule has 21 heavy (non-hydrogen) atoms. The number of hydrogen-bond acceptors (Lipinski definition) is 1. The van der Waals surface area contributed by atoms with Gasteiger partial charge in [0.15, 0.2) is 0 Å². The van der Waals surface area contributed by atoms with Crippen molar-refractivity contribution in [2.45, 2.75) is 19.0 Å². The molecule has 0 spiro atoms. The molecule has 0 radical (unpaired) electrons. The van der Waals surface area contributed by atoms with E-state index in [-0.39, 0.29) is 13.1 Å². The fourth-order valence-corrected chi connectivity index (χ4v) is 2.17. The standard InChI is InChI=1S/C13H15Cl2F3N2O/c1-20(5-3-13(16,17)18)12(21)19-4-2-9-6-10(14)8-11(15)7-9/h6-8H,2-5H2,1H3,(H,19,21). The molecule has 0 aliphatic carbocycles. The number of benzene rings is 1. The number of halogens is 5. The van der Waals surface area contributed by atoms with Gasteiger partial charge in [0.2, 0.25) is 0 Å². The summed E-state index contributed by atoms with van der Waals surface area (Å²) in [6, 6.07) is 4.48. The normalized spacial score (nSPS) is 11.3. The number of nitrogens with one attached hydrogen (secondary N) is 1. The summed E-state index contributed by atoms with van der Waals surface area (Å²) in [6.45, 7) is -0.0931. The molecule has 1 aromatic rings. The van der Waals surface area contributed by atoms with Gasteiger partial charge in [0.25, 0.3) is 0 Å². The molecule has 3 nitrogen and oxygen atoms in total. The maximum Gasteiger partial charge on any atom is 0.390 e. The Labute approximate surface area is 131 Å². The number of alkyl halides is 3. The molecule has 0 saturated heterocycles. The number of carbonyl (C=O) groups excluding carboxylic acids is 1. The second-order valence-electron chi connectivity index (χ2n) is 4.55. The fourth-order valence-electron chi connectivity index (χ4n) is 1.60. The highest BCUT2D eigenvalue weighted by molar-refractivity contribution is 6.34. The molecular formula is C13H15Cl2F3N2O. The Hall–Kier alpha value is -1.14. The smallest absolute Gasteiger partial charge is 0.338 e. The van der Waals surface area contributed by atoms with Crippen LogP contribution in [-0.4, -0.2) is 37.2 Å². The molecule has 0 aliphatic heterocycles. The van der Waals surface area contributed by atoms with Crippen LogP contribution in [0.2, 0.25) is 10.0 Å². The summed E-state index contributed by atoms with van der Waals surface area (Å²) >= 11 is 11.7. The first-order valence-electron chi connectivity index (χ1n) is 6.18. The van der Waals surface area contributed by atoms with Crippen LogP contribution in [0, 0.1) is 0 Å². The van der Waals surface area contributed by atoms with Gasteiger partial charge < -0.3 is 10.2 Å². The average molecular weight is 343 g/mol. The van der Waals surface area contributed by atoms with Crippen molar-refractivity contribution in [1.82, 2.24) is 10.2 Å². The number of hydrogen-bond donors (Lipinski definition) is 1. The second kappa shape index (κ2) is 7.75. The molecule has 118 valence electrons. The van der Waals surface area contributed by atoms with Crippen molar-refractivity contribution in [3.8, 4) is 0 Å². The predicted octanol–water partition coefficient (Wildman–Crippen LogP) is 4.13. The molecule has 0 fully saturated rings. The van der Waals surface area contributed by atoms with Crippen LogP contribution < -0.4 is 5.32 Å². The fraction of sp³-hybridized carbons (Fsp3) is 0.462. The van der Waals surface area contributed by atoms with Crippen molar-refractivity contribution in [3.05, 3.63) is 33.8 Å². The zero-order chi connectivity index (χ0) is 16.0. The van der Waals surface area contributed by atoms with E-state index in [9.17, 15) is 18.0 Å². The predicted molar refractivity (Wildman–Crippen MR) is 76.9 cm³/mol. The lowest BCUT2D eigenvalue weighted by molar-refractivity contribution is -0.136. The third-order valence-corrected chi connectivity index (χ3v) is 3.13. The Bertz CT molecular complexity index is 475. The molecule has 2 amide bonds. The molecule has 1 N–H and O–H groups in total. The van der Waals surface area contributed by atoms with Crippen LogP contribution in [0.5, 0.6) is 0 Å². The summed E-state index contributed by atoms with van der Waals surface area (Å²) in [5.74, 6) is 0. The van der Waals surface area contributed by atoms with Gasteiger partial charge in [-0.2, -0.15) is 13.2 Å². The molecule has 1 aromatic carbocycles. The van der Waals surface area contributed by atoms with Gasteiger partial charge in [0, 0.05) is 30.2 Å². The zero-order valence-electron chi connectivity index (χ0n) is 11.3. The Morgan fingerprint density at radius 3 is 2.33 bits per heavy atom. The van der Waals surface area contributed by atoms with Gasteiger partial charge in [-0.15, -0.1) is 0 Å². The highest BCUT2D eigenvalue weighted by Gasteiger charge is 2.27. The largest absolute Gasteiger partial charge is 0.390 e. The maximum absolute atomic E-state index is 12.0. The lowest BCUT2D eigenvalue weighted by Gasteiger charge is -2.18. The molecule has 0 unspecified atom stereocenters. The molecule has 1 rings (SSSR count). The van der Waals surface area contributed by atoms with Crippen molar-refractivity contribution < 1.29 is 18.0 Å². The summed E-state index contributed by atoms with van der Waals surface area (Å²) in [4.78, 5) is 12.6. The van der Waals surface area contributed by atoms with E-state index in [0.29, 0.717) is 16.5 Å². The molecule has 0 heterocycles. The minimum Gasteiger partial charge on any atom is -0.338 e. The van der Waals surface area contributed by atoms with E-state index in [1.54, 1.807) is 18.2 Å². The molecule has 0 aromatic heterocycles. The summed E-state index contributed by atoms with van der Waals surface area (Å²) in [7, 11) is 1.32. The zero-order valence-corrected chi connectivity index (χ0v) is 12.8. The lowest BCUT2D eigenvalue weighted by Crippen LogP contribution is -2.39. The monoisotopic (exact) mass is 342 g/mol. The van der Waals surface area contributed by atoms with E-state index in [4.69, 9.17) is 23.2 Å². The molecule has 0 atom stereocenters. The Morgan fingerprint density at radius 2 is 1.81 bits per heavy atom. The van der Waals surface area contributed by atoms with Crippen LogP contribution >= 0.6 is 23.2 Å². The first-order valence-corrected chi connectivity index (χ1v) is 6.93. The highest BCUT2D eigenvalue weighted by Crippen LogP contribution is 2.20. The maximum atomic E-state index is 12.0. The first kappa shape index (κ1) is 17.9. The number of carbonyl (C=O) groups is 1. The Kier molecular flexibility index (Phi) is 6.61. The van der Waals surface area contributed by atoms with Crippen LogP contribution in [0.1, 0.15) is 12.0 Å².